The van der Waals surface area contributed by atoms with E-state index in [9.17, 15) is 4.79 Å². The van der Waals surface area contributed by atoms with Crippen molar-refractivity contribution in [3.8, 4) is 0 Å². The molecule has 5 heteroatoms. The van der Waals surface area contributed by atoms with Crippen LogP contribution in [-0.4, -0.2) is 15.5 Å². The Hall–Kier alpha value is -2.30. The van der Waals surface area contributed by atoms with Crippen LogP contribution in [0.2, 0.25) is 0 Å². The number of hydrogen-bond donors (Lipinski definition) is 2. The quantitative estimate of drug-likeness (QED) is 0.896. The van der Waals surface area contributed by atoms with Crippen LogP contribution in [0, 0.1) is 6.92 Å². The number of anilines is 3. The highest BCUT2D eigenvalue weighted by atomic mass is 16.1. The Morgan fingerprint density at radius 3 is 2.50 bits per heavy atom. The number of rotatable bonds is 4. The van der Waals surface area contributed by atoms with E-state index in [0.717, 1.165) is 23.0 Å². The lowest BCUT2D eigenvalue weighted by atomic mass is 10.3. The van der Waals surface area contributed by atoms with E-state index in [4.69, 9.17) is 0 Å². The van der Waals surface area contributed by atoms with E-state index in [0.29, 0.717) is 6.04 Å². The van der Waals surface area contributed by atoms with E-state index in [2.05, 4.69) is 26.4 Å². The highest BCUT2D eigenvalue weighted by Gasteiger charge is 2.26. The summed E-state index contributed by atoms with van der Waals surface area (Å²) < 4.78 is 2.21. The van der Waals surface area contributed by atoms with Gasteiger partial charge in [0.2, 0.25) is 11.9 Å². The van der Waals surface area contributed by atoms with Gasteiger partial charge < -0.3 is 15.2 Å². The van der Waals surface area contributed by atoms with Crippen LogP contribution in [0.3, 0.4) is 0 Å². The molecule has 5 nitrogen and oxygen atoms in total. The molecule has 1 aliphatic carbocycles. The number of nitrogens with one attached hydrogen (secondary N) is 2. The minimum atomic E-state index is -0.0642. The van der Waals surface area contributed by atoms with Gasteiger partial charge in [-0.25, -0.2) is 4.98 Å². The molecule has 1 aliphatic rings. The highest BCUT2D eigenvalue weighted by molar-refractivity contribution is 5.88. The van der Waals surface area contributed by atoms with Crippen LogP contribution in [-0.2, 0) is 4.79 Å². The Kier molecular flexibility index (Phi) is 3.18. The van der Waals surface area contributed by atoms with Gasteiger partial charge >= 0.3 is 0 Å². The second-order valence-corrected chi connectivity index (χ2v) is 5.23. The summed E-state index contributed by atoms with van der Waals surface area (Å²) in [5.74, 6) is 0.822. The fraction of sp³-hybridized carbons (Fsp3) is 0.333. The molecule has 3 rings (SSSR count). The van der Waals surface area contributed by atoms with Gasteiger partial charge in [-0.1, -0.05) is 0 Å². The first-order chi connectivity index (χ1) is 9.61. The summed E-state index contributed by atoms with van der Waals surface area (Å²) >= 11 is 0. The van der Waals surface area contributed by atoms with Gasteiger partial charge in [0.1, 0.15) is 0 Å². The van der Waals surface area contributed by atoms with E-state index in [1.165, 1.54) is 19.8 Å². The van der Waals surface area contributed by atoms with Crippen LogP contribution in [0.25, 0.3) is 0 Å². The molecule has 2 aromatic rings. The standard InChI is InChI=1S/C15H18N4O/c1-10-9-19(14-7-8-14)15(16-10)18-13-5-3-12(4-6-13)17-11(2)20/h3-6,9,14H,7-8H2,1-2H3,(H,16,18)(H,17,20). The molecule has 1 aromatic carbocycles. The van der Waals surface area contributed by atoms with Gasteiger partial charge in [-0.15, -0.1) is 0 Å². The second kappa shape index (κ2) is 5.00. The van der Waals surface area contributed by atoms with Crippen molar-refractivity contribution in [1.82, 2.24) is 9.55 Å². The molecule has 0 aliphatic heterocycles. The molecule has 1 fully saturated rings. The summed E-state index contributed by atoms with van der Waals surface area (Å²) in [5, 5.41) is 6.09. The molecule has 1 saturated carbocycles. The molecular weight excluding hydrogens is 252 g/mol. The van der Waals surface area contributed by atoms with Gasteiger partial charge in [-0.3, -0.25) is 4.79 Å². The van der Waals surface area contributed by atoms with Crippen molar-refractivity contribution in [3.05, 3.63) is 36.2 Å². The normalized spacial score (nSPS) is 14.1. The zero-order valence-corrected chi connectivity index (χ0v) is 11.7. The van der Waals surface area contributed by atoms with Crippen LogP contribution in [0.5, 0.6) is 0 Å². The van der Waals surface area contributed by atoms with Crippen molar-refractivity contribution < 1.29 is 4.79 Å². The van der Waals surface area contributed by atoms with Crippen molar-refractivity contribution in [3.63, 3.8) is 0 Å². The average molecular weight is 270 g/mol. The molecule has 1 aromatic heterocycles. The van der Waals surface area contributed by atoms with Crippen molar-refractivity contribution in [2.24, 2.45) is 0 Å². The Bertz CT molecular complexity index is 626. The molecule has 0 spiro atoms. The molecule has 20 heavy (non-hydrogen) atoms. The molecule has 2 N–H and O–H groups in total. The van der Waals surface area contributed by atoms with Gasteiger partial charge in [-0.05, 0) is 44.0 Å². The van der Waals surface area contributed by atoms with Crippen LogP contribution in [0.15, 0.2) is 30.5 Å². The first-order valence-electron chi connectivity index (χ1n) is 6.82. The van der Waals surface area contributed by atoms with Crippen LogP contribution < -0.4 is 10.6 Å². The highest BCUT2D eigenvalue weighted by Crippen LogP contribution is 2.37. The third-order valence-corrected chi connectivity index (χ3v) is 3.25. The van der Waals surface area contributed by atoms with Crippen LogP contribution >= 0.6 is 0 Å². The fourth-order valence-electron chi connectivity index (χ4n) is 2.21. The second-order valence-electron chi connectivity index (χ2n) is 5.23. The topological polar surface area (TPSA) is 59.0 Å². The summed E-state index contributed by atoms with van der Waals surface area (Å²) in [7, 11) is 0. The molecular formula is C15H18N4O. The molecule has 1 amide bonds. The van der Waals surface area contributed by atoms with E-state index in [1.807, 2.05) is 31.2 Å². The van der Waals surface area contributed by atoms with Gasteiger partial charge in [0.15, 0.2) is 0 Å². The summed E-state index contributed by atoms with van der Waals surface area (Å²) in [5.41, 5.74) is 2.78. The first-order valence-corrected chi connectivity index (χ1v) is 6.82. The van der Waals surface area contributed by atoms with E-state index in [-0.39, 0.29) is 5.91 Å². The SMILES string of the molecule is CC(=O)Nc1ccc(Nc2nc(C)cn2C2CC2)cc1. The zero-order valence-electron chi connectivity index (χ0n) is 11.7. The number of imidazole rings is 1. The average Bonchev–Trinajstić information content (AvgIpc) is 3.16. The number of aromatic nitrogens is 2. The number of amides is 1. The number of benzene rings is 1. The van der Waals surface area contributed by atoms with Gasteiger partial charge in [-0.2, -0.15) is 0 Å². The van der Waals surface area contributed by atoms with Crippen molar-refractivity contribution in [1.29, 1.82) is 0 Å². The number of carbonyl (C=O) groups excluding carboxylic acids is 1. The minimum absolute atomic E-state index is 0.0642. The molecule has 0 saturated heterocycles. The van der Waals surface area contributed by atoms with E-state index < -0.39 is 0 Å². The van der Waals surface area contributed by atoms with Gasteiger partial charge in [0.25, 0.3) is 0 Å². The third kappa shape index (κ3) is 2.82. The Balaban J connectivity index is 1.75. The number of aryl methyl sites for hydroxylation is 1. The molecule has 0 atom stereocenters. The van der Waals surface area contributed by atoms with Crippen molar-refractivity contribution >= 4 is 23.2 Å². The Morgan fingerprint density at radius 2 is 1.90 bits per heavy atom. The summed E-state index contributed by atoms with van der Waals surface area (Å²) in [6.45, 7) is 3.51. The van der Waals surface area contributed by atoms with Crippen molar-refractivity contribution in [2.75, 3.05) is 10.6 Å². The lowest BCUT2D eigenvalue weighted by Gasteiger charge is -2.09. The van der Waals surface area contributed by atoms with Crippen molar-refractivity contribution in [2.45, 2.75) is 32.7 Å². The maximum absolute atomic E-state index is 11.0. The summed E-state index contributed by atoms with van der Waals surface area (Å²) in [6, 6.07) is 8.22. The monoisotopic (exact) mass is 270 g/mol. The number of carbonyl (C=O) groups is 1. The number of nitrogens with zero attached hydrogens (tertiary/aromatic N) is 2. The molecule has 1 heterocycles. The third-order valence-electron chi connectivity index (χ3n) is 3.25. The largest absolute Gasteiger partial charge is 0.326 e. The minimum Gasteiger partial charge on any atom is -0.326 e. The van der Waals surface area contributed by atoms with Gasteiger partial charge in [0.05, 0.1) is 5.69 Å². The molecule has 104 valence electrons. The van der Waals surface area contributed by atoms with Crippen LogP contribution in [0.1, 0.15) is 31.5 Å². The summed E-state index contributed by atoms with van der Waals surface area (Å²) in [6.07, 6.45) is 4.55. The lowest BCUT2D eigenvalue weighted by Crippen LogP contribution is -2.05. The van der Waals surface area contributed by atoms with Gasteiger partial charge in [0, 0.05) is 30.5 Å². The first kappa shape index (κ1) is 12.7. The number of hydrogen-bond acceptors (Lipinski definition) is 3. The Labute approximate surface area is 118 Å². The molecule has 0 unspecified atom stereocenters. The summed E-state index contributed by atoms with van der Waals surface area (Å²) in [4.78, 5) is 15.5. The smallest absolute Gasteiger partial charge is 0.221 e. The van der Waals surface area contributed by atoms with E-state index in [1.54, 1.807) is 0 Å². The fourth-order valence-corrected chi connectivity index (χ4v) is 2.21. The van der Waals surface area contributed by atoms with Crippen LogP contribution in [0.4, 0.5) is 17.3 Å². The maximum Gasteiger partial charge on any atom is 0.221 e. The maximum atomic E-state index is 11.0. The predicted octanol–water partition coefficient (Wildman–Crippen LogP) is 3.23. The zero-order chi connectivity index (χ0) is 14.1. The Morgan fingerprint density at radius 1 is 1.25 bits per heavy atom. The molecule has 0 bridgehead atoms. The lowest BCUT2D eigenvalue weighted by molar-refractivity contribution is -0.114. The predicted molar refractivity (Wildman–Crippen MR) is 79.3 cm³/mol. The molecule has 0 radical (unpaired) electrons. The van der Waals surface area contributed by atoms with E-state index >= 15 is 0 Å².